The van der Waals surface area contributed by atoms with Crippen LogP contribution in [0.15, 0.2) is 49.1 Å². The SMILES string of the molecule is CCCCCCCCCCCCCCCCCCCC(C(CCCCCCCCC)Cc1ccccc1)n1ccnc1. The normalized spacial score (nSPS) is 13.0. The van der Waals surface area contributed by atoms with E-state index < -0.39 is 0 Å². The third-order valence-corrected chi connectivity index (χ3v) is 9.57. The van der Waals surface area contributed by atoms with Crippen LogP contribution in [0.25, 0.3) is 0 Å². The molecule has 2 heteroatoms. The molecule has 0 radical (unpaired) electrons. The van der Waals surface area contributed by atoms with Gasteiger partial charge in [0.25, 0.3) is 0 Å². The van der Waals surface area contributed by atoms with Gasteiger partial charge in [-0.15, -0.1) is 0 Å². The number of aromatic nitrogens is 2. The topological polar surface area (TPSA) is 17.8 Å². The Labute approximate surface area is 262 Å². The molecule has 2 rings (SSSR count). The van der Waals surface area contributed by atoms with Crippen molar-refractivity contribution in [3.8, 4) is 0 Å². The number of nitrogens with zero attached hydrogens (tertiary/aromatic N) is 2. The lowest BCUT2D eigenvalue weighted by Gasteiger charge is -2.29. The molecule has 0 bridgehead atoms. The number of imidazole rings is 1. The predicted octanol–water partition coefficient (Wildman–Crippen LogP) is 13.5. The third kappa shape index (κ3) is 18.9. The maximum atomic E-state index is 4.46. The summed E-state index contributed by atoms with van der Waals surface area (Å²) in [5.74, 6) is 0.693. The van der Waals surface area contributed by atoms with E-state index in [-0.39, 0.29) is 0 Å². The molecule has 1 aromatic carbocycles. The highest BCUT2D eigenvalue weighted by molar-refractivity contribution is 5.15. The Kier molecular flexibility index (Phi) is 23.6. The number of rotatable bonds is 30. The molecule has 0 N–H and O–H groups in total. The molecule has 42 heavy (non-hydrogen) atoms. The number of unbranched alkanes of at least 4 members (excludes halogenated alkanes) is 22. The van der Waals surface area contributed by atoms with Gasteiger partial charge in [0.2, 0.25) is 0 Å². The van der Waals surface area contributed by atoms with Crippen molar-refractivity contribution in [2.75, 3.05) is 0 Å². The molecule has 0 amide bonds. The summed E-state index contributed by atoms with van der Waals surface area (Å²) in [4.78, 5) is 4.46. The summed E-state index contributed by atoms with van der Waals surface area (Å²) in [6.07, 6.45) is 44.3. The zero-order chi connectivity index (χ0) is 29.8. The predicted molar refractivity (Wildman–Crippen MR) is 186 cm³/mol. The van der Waals surface area contributed by atoms with Gasteiger partial charge in [0.05, 0.1) is 6.33 Å². The molecular weight excluding hydrogens is 508 g/mol. The van der Waals surface area contributed by atoms with E-state index in [1.165, 1.54) is 179 Å². The van der Waals surface area contributed by atoms with E-state index in [1.807, 2.05) is 6.20 Å². The van der Waals surface area contributed by atoms with Crippen molar-refractivity contribution in [2.45, 2.75) is 193 Å². The minimum absolute atomic E-state index is 0.573. The molecule has 1 aromatic heterocycles. The van der Waals surface area contributed by atoms with Crippen LogP contribution in [0.2, 0.25) is 0 Å². The molecule has 0 aliphatic carbocycles. The summed E-state index contributed by atoms with van der Waals surface area (Å²) in [6.45, 7) is 4.62. The molecule has 240 valence electrons. The quantitative estimate of drug-likeness (QED) is 0.0843. The van der Waals surface area contributed by atoms with Crippen LogP contribution >= 0.6 is 0 Å². The Hall–Kier alpha value is -1.57. The van der Waals surface area contributed by atoms with Crippen molar-refractivity contribution in [3.05, 3.63) is 54.6 Å². The second kappa shape index (κ2) is 27.0. The molecule has 1 heterocycles. The van der Waals surface area contributed by atoms with Gasteiger partial charge in [-0.25, -0.2) is 4.98 Å². The van der Waals surface area contributed by atoms with Crippen LogP contribution in [0, 0.1) is 5.92 Å². The van der Waals surface area contributed by atoms with Crippen LogP contribution in [-0.4, -0.2) is 9.55 Å². The van der Waals surface area contributed by atoms with Crippen molar-refractivity contribution >= 4 is 0 Å². The van der Waals surface area contributed by atoms with Crippen LogP contribution in [0.1, 0.15) is 192 Å². The second-order valence-electron chi connectivity index (χ2n) is 13.4. The summed E-state index contributed by atoms with van der Waals surface area (Å²) < 4.78 is 2.45. The van der Waals surface area contributed by atoms with E-state index in [2.05, 4.69) is 66.3 Å². The van der Waals surface area contributed by atoms with E-state index >= 15 is 0 Å². The first-order valence-electron chi connectivity index (χ1n) is 18.9. The van der Waals surface area contributed by atoms with Crippen LogP contribution in [0.4, 0.5) is 0 Å². The summed E-state index contributed by atoms with van der Waals surface area (Å²) in [5.41, 5.74) is 1.50. The number of benzene rings is 1. The summed E-state index contributed by atoms with van der Waals surface area (Å²) in [5, 5.41) is 0. The third-order valence-electron chi connectivity index (χ3n) is 9.57. The van der Waals surface area contributed by atoms with E-state index in [9.17, 15) is 0 Å². The number of hydrogen-bond donors (Lipinski definition) is 0. The maximum absolute atomic E-state index is 4.46. The lowest BCUT2D eigenvalue weighted by molar-refractivity contribution is 0.275. The number of hydrogen-bond acceptors (Lipinski definition) is 1. The monoisotopic (exact) mass is 579 g/mol. The fourth-order valence-corrected chi connectivity index (χ4v) is 6.88. The first-order valence-corrected chi connectivity index (χ1v) is 18.9. The Bertz CT molecular complexity index is 783. The maximum Gasteiger partial charge on any atom is 0.0948 e. The second-order valence-corrected chi connectivity index (χ2v) is 13.4. The van der Waals surface area contributed by atoms with E-state index in [4.69, 9.17) is 0 Å². The van der Waals surface area contributed by atoms with Gasteiger partial charge in [0, 0.05) is 18.4 Å². The molecule has 2 nitrogen and oxygen atoms in total. The summed E-state index contributed by atoms with van der Waals surface area (Å²) in [7, 11) is 0. The first-order chi connectivity index (χ1) is 20.8. The van der Waals surface area contributed by atoms with Gasteiger partial charge in [0.15, 0.2) is 0 Å². The van der Waals surface area contributed by atoms with Gasteiger partial charge in [-0.05, 0) is 30.7 Å². The standard InChI is InChI=1S/C40H70N2/c1-3-5-7-9-11-12-13-14-15-16-17-18-19-20-22-24-29-33-40(42-35-34-41-37-42)39(36-38-30-26-25-27-31-38)32-28-23-21-10-8-6-4-2/h25-27,30-31,34-35,37,39-40H,3-24,28-29,32-33,36H2,1-2H3. The van der Waals surface area contributed by atoms with Gasteiger partial charge in [-0.2, -0.15) is 0 Å². The summed E-state index contributed by atoms with van der Waals surface area (Å²) >= 11 is 0. The van der Waals surface area contributed by atoms with Gasteiger partial charge in [0.1, 0.15) is 0 Å². The zero-order valence-corrected chi connectivity index (χ0v) is 28.3. The molecule has 0 saturated heterocycles. The Morgan fingerprint density at radius 1 is 0.524 bits per heavy atom. The van der Waals surface area contributed by atoms with E-state index in [0.29, 0.717) is 12.0 Å². The Morgan fingerprint density at radius 3 is 1.38 bits per heavy atom. The van der Waals surface area contributed by atoms with Crippen molar-refractivity contribution in [1.29, 1.82) is 0 Å². The highest BCUT2D eigenvalue weighted by Crippen LogP contribution is 2.32. The van der Waals surface area contributed by atoms with Crippen molar-refractivity contribution < 1.29 is 0 Å². The molecule has 0 aliphatic heterocycles. The molecular formula is C40H70N2. The lowest BCUT2D eigenvalue weighted by Crippen LogP contribution is -2.21. The smallest absolute Gasteiger partial charge is 0.0948 e. The highest BCUT2D eigenvalue weighted by atomic mass is 15.1. The molecule has 2 aromatic rings. The van der Waals surface area contributed by atoms with Gasteiger partial charge in [-0.3, -0.25) is 0 Å². The molecule has 0 spiro atoms. The molecule has 2 atom stereocenters. The Balaban J connectivity index is 1.63. The molecule has 0 aliphatic rings. The van der Waals surface area contributed by atoms with Crippen LogP contribution < -0.4 is 0 Å². The minimum atomic E-state index is 0.573. The largest absolute Gasteiger partial charge is 0.334 e. The van der Waals surface area contributed by atoms with Crippen LogP contribution in [-0.2, 0) is 6.42 Å². The van der Waals surface area contributed by atoms with Crippen molar-refractivity contribution in [1.82, 2.24) is 9.55 Å². The van der Waals surface area contributed by atoms with Gasteiger partial charge >= 0.3 is 0 Å². The van der Waals surface area contributed by atoms with Gasteiger partial charge in [-0.1, -0.05) is 198 Å². The van der Waals surface area contributed by atoms with Crippen molar-refractivity contribution in [2.24, 2.45) is 5.92 Å². The Morgan fingerprint density at radius 2 is 0.952 bits per heavy atom. The summed E-state index contributed by atoms with van der Waals surface area (Å²) in [6, 6.07) is 11.8. The molecule has 0 saturated carbocycles. The fourth-order valence-electron chi connectivity index (χ4n) is 6.88. The zero-order valence-electron chi connectivity index (χ0n) is 28.3. The van der Waals surface area contributed by atoms with Crippen LogP contribution in [0.3, 0.4) is 0 Å². The van der Waals surface area contributed by atoms with Crippen molar-refractivity contribution in [3.63, 3.8) is 0 Å². The molecule has 2 unspecified atom stereocenters. The lowest BCUT2D eigenvalue weighted by atomic mass is 9.84. The van der Waals surface area contributed by atoms with Crippen LogP contribution in [0.5, 0.6) is 0 Å². The van der Waals surface area contributed by atoms with E-state index in [0.717, 1.165) is 0 Å². The van der Waals surface area contributed by atoms with E-state index in [1.54, 1.807) is 0 Å². The van der Waals surface area contributed by atoms with Gasteiger partial charge < -0.3 is 4.57 Å². The average molecular weight is 579 g/mol. The first kappa shape index (κ1) is 36.6. The highest BCUT2D eigenvalue weighted by Gasteiger charge is 2.23. The molecule has 0 fully saturated rings. The fraction of sp³-hybridized carbons (Fsp3) is 0.775. The average Bonchev–Trinajstić information content (AvgIpc) is 3.55. The minimum Gasteiger partial charge on any atom is -0.334 e.